The van der Waals surface area contributed by atoms with E-state index in [1.165, 1.54) is 12.1 Å². The molecule has 2 aliphatic rings. The van der Waals surface area contributed by atoms with Gasteiger partial charge in [-0.25, -0.2) is 4.39 Å². The summed E-state index contributed by atoms with van der Waals surface area (Å²) in [6.45, 7) is 5.80. The van der Waals surface area contributed by atoms with Crippen molar-refractivity contribution in [1.82, 2.24) is 15.1 Å². The third kappa shape index (κ3) is 4.22. The Hall–Kier alpha value is -1.17. The molecule has 1 N–H and O–H groups in total. The van der Waals surface area contributed by atoms with Gasteiger partial charge < -0.3 is 10.2 Å². The lowest BCUT2D eigenvalue weighted by Crippen LogP contribution is -2.51. The van der Waals surface area contributed by atoms with Crippen LogP contribution in [-0.4, -0.2) is 55.0 Å². The van der Waals surface area contributed by atoms with E-state index in [0.717, 1.165) is 57.7 Å². The Morgan fingerprint density at radius 1 is 1.22 bits per heavy atom. The molecule has 3 rings (SSSR count). The average molecular weight is 340 g/mol. The molecule has 2 aliphatic heterocycles. The molecule has 0 radical (unpaired) electrons. The predicted molar refractivity (Wildman–Crippen MR) is 88.9 cm³/mol. The second-order valence-electron chi connectivity index (χ2n) is 6.36. The van der Waals surface area contributed by atoms with Gasteiger partial charge in [0.15, 0.2) is 0 Å². The monoisotopic (exact) mass is 339 g/mol. The molecule has 1 aromatic rings. The molecule has 0 aliphatic carbocycles. The summed E-state index contributed by atoms with van der Waals surface area (Å²) in [7, 11) is 0. The quantitative estimate of drug-likeness (QED) is 0.916. The highest BCUT2D eigenvalue weighted by atomic mass is 35.5. The van der Waals surface area contributed by atoms with E-state index in [2.05, 4.69) is 10.2 Å². The minimum absolute atomic E-state index is 0.189. The van der Waals surface area contributed by atoms with Crippen LogP contribution in [0.3, 0.4) is 0 Å². The molecule has 0 saturated carbocycles. The summed E-state index contributed by atoms with van der Waals surface area (Å²) in [6, 6.07) is 4.54. The smallest absolute Gasteiger partial charge is 0.225 e. The molecule has 0 bridgehead atoms. The Labute approximate surface area is 141 Å². The maximum atomic E-state index is 13.1. The number of amides is 1. The van der Waals surface area contributed by atoms with Crippen molar-refractivity contribution in [3.63, 3.8) is 0 Å². The molecule has 2 saturated heterocycles. The van der Waals surface area contributed by atoms with E-state index < -0.39 is 0 Å². The Morgan fingerprint density at radius 3 is 2.57 bits per heavy atom. The van der Waals surface area contributed by atoms with Crippen LogP contribution in [-0.2, 0) is 11.3 Å². The number of piperidine rings is 1. The summed E-state index contributed by atoms with van der Waals surface area (Å²) >= 11 is 6.09. The minimum atomic E-state index is -0.309. The van der Waals surface area contributed by atoms with Crippen molar-refractivity contribution in [3.05, 3.63) is 34.6 Å². The first kappa shape index (κ1) is 16.7. The van der Waals surface area contributed by atoms with Crippen LogP contribution in [0.1, 0.15) is 18.4 Å². The van der Waals surface area contributed by atoms with Gasteiger partial charge in [0.25, 0.3) is 0 Å². The summed E-state index contributed by atoms with van der Waals surface area (Å²) in [5, 5.41) is 3.77. The summed E-state index contributed by atoms with van der Waals surface area (Å²) in [5.41, 5.74) is 0.936. The number of carbonyl (C=O) groups excluding carboxylic acids is 1. The van der Waals surface area contributed by atoms with Gasteiger partial charge in [-0.1, -0.05) is 17.7 Å². The van der Waals surface area contributed by atoms with Crippen LogP contribution in [0.5, 0.6) is 0 Å². The van der Waals surface area contributed by atoms with E-state index in [-0.39, 0.29) is 11.7 Å². The number of nitrogens with one attached hydrogen (secondary N) is 1. The lowest BCUT2D eigenvalue weighted by molar-refractivity contribution is -0.138. The van der Waals surface area contributed by atoms with Crippen LogP contribution in [0.4, 0.5) is 4.39 Å². The molecule has 1 amide bonds. The molecule has 126 valence electrons. The third-order valence-electron chi connectivity index (χ3n) is 4.78. The van der Waals surface area contributed by atoms with Crippen LogP contribution >= 0.6 is 11.6 Å². The van der Waals surface area contributed by atoms with Crippen molar-refractivity contribution in [2.75, 3.05) is 39.3 Å². The number of hydrogen-bond acceptors (Lipinski definition) is 3. The van der Waals surface area contributed by atoms with Crippen LogP contribution < -0.4 is 5.32 Å². The molecule has 0 atom stereocenters. The zero-order chi connectivity index (χ0) is 16.2. The first-order valence-electron chi connectivity index (χ1n) is 8.29. The number of benzene rings is 1. The maximum absolute atomic E-state index is 13.1. The van der Waals surface area contributed by atoms with Gasteiger partial charge in [-0.15, -0.1) is 0 Å². The van der Waals surface area contributed by atoms with Crippen LogP contribution in [0.15, 0.2) is 18.2 Å². The van der Waals surface area contributed by atoms with Gasteiger partial charge >= 0.3 is 0 Å². The number of halogens is 2. The van der Waals surface area contributed by atoms with Crippen molar-refractivity contribution < 1.29 is 9.18 Å². The first-order chi connectivity index (χ1) is 11.1. The zero-order valence-electron chi connectivity index (χ0n) is 13.2. The van der Waals surface area contributed by atoms with E-state index in [9.17, 15) is 9.18 Å². The van der Waals surface area contributed by atoms with Crippen molar-refractivity contribution >= 4 is 17.5 Å². The van der Waals surface area contributed by atoms with Crippen molar-refractivity contribution in [2.45, 2.75) is 19.4 Å². The van der Waals surface area contributed by atoms with E-state index >= 15 is 0 Å². The SMILES string of the molecule is O=C(C1CCNCC1)N1CCN(Cc2ccc(F)cc2Cl)CC1. The molecule has 1 aromatic carbocycles. The number of nitrogens with zero attached hydrogens (tertiary/aromatic N) is 2. The average Bonchev–Trinajstić information content (AvgIpc) is 2.58. The van der Waals surface area contributed by atoms with E-state index in [1.807, 2.05) is 4.90 Å². The second-order valence-corrected chi connectivity index (χ2v) is 6.77. The number of piperazine rings is 1. The summed E-state index contributed by atoms with van der Waals surface area (Å²) in [5.74, 6) is 0.191. The highest BCUT2D eigenvalue weighted by Gasteiger charge is 2.28. The van der Waals surface area contributed by atoms with E-state index in [4.69, 9.17) is 11.6 Å². The van der Waals surface area contributed by atoms with Gasteiger partial charge in [-0.3, -0.25) is 9.69 Å². The first-order valence-corrected chi connectivity index (χ1v) is 8.67. The number of rotatable bonds is 3. The van der Waals surface area contributed by atoms with E-state index in [1.54, 1.807) is 6.07 Å². The van der Waals surface area contributed by atoms with Gasteiger partial charge in [-0.05, 0) is 43.6 Å². The highest BCUT2D eigenvalue weighted by Crippen LogP contribution is 2.21. The van der Waals surface area contributed by atoms with Crippen LogP contribution in [0.25, 0.3) is 0 Å². The Bertz CT molecular complexity index is 555. The van der Waals surface area contributed by atoms with E-state index in [0.29, 0.717) is 17.5 Å². The molecule has 4 nitrogen and oxygen atoms in total. The van der Waals surface area contributed by atoms with Gasteiger partial charge in [0, 0.05) is 43.7 Å². The van der Waals surface area contributed by atoms with Crippen LogP contribution in [0, 0.1) is 11.7 Å². The van der Waals surface area contributed by atoms with Crippen molar-refractivity contribution in [3.8, 4) is 0 Å². The predicted octanol–water partition coefficient (Wildman–Crippen LogP) is 2.12. The molecular formula is C17H23ClFN3O. The molecule has 0 aromatic heterocycles. The van der Waals surface area contributed by atoms with Gasteiger partial charge in [0.2, 0.25) is 5.91 Å². The fraction of sp³-hybridized carbons (Fsp3) is 0.588. The topological polar surface area (TPSA) is 35.6 Å². The standard InChI is InChI=1S/C17H23ClFN3O/c18-16-11-15(19)2-1-14(16)12-21-7-9-22(10-8-21)17(23)13-3-5-20-6-4-13/h1-2,11,13,20H,3-10,12H2. The van der Waals surface area contributed by atoms with Gasteiger partial charge in [0.1, 0.15) is 5.82 Å². The summed E-state index contributed by atoms with van der Waals surface area (Å²) in [6.07, 6.45) is 1.90. The lowest BCUT2D eigenvalue weighted by atomic mass is 9.96. The Morgan fingerprint density at radius 2 is 1.91 bits per heavy atom. The maximum Gasteiger partial charge on any atom is 0.225 e. The fourth-order valence-electron chi connectivity index (χ4n) is 3.34. The summed E-state index contributed by atoms with van der Waals surface area (Å²) in [4.78, 5) is 16.8. The lowest BCUT2D eigenvalue weighted by Gasteiger charge is -2.37. The normalized spacial score (nSPS) is 20.7. The van der Waals surface area contributed by atoms with Gasteiger partial charge in [0.05, 0.1) is 0 Å². The van der Waals surface area contributed by atoms with Crippen LogP contribution in [0.2, 0.25) is 5.02 Å². The number of carbonyl (C=O) groups is 1. The van der Waals surface area contributed by atoms with Crippen molar-refractivity contribution in [2.24, 2.45) is 5.92 Å². The molecule has 6 heteroatoms. The Balaban J connectivity index is 1.51. The second kappa shape index (κ2) is 7.60. The van der Waals surface area contributed by atoms with Crippen molar-refractivity contribution in [1.29, 1.82) is 0 Å². The molecule has 23 heavy (non-hydrogen) atoms. The largest absolute Gasteiger partial charge is 0.340 e. The Kier molecular flexibility index (Phi) is 5.51. The van der Waals surface area contributed by atoms with Gasteiger partial charge in [-0.2, -0.15) is 0 Å². The molecule has 2 heterocycles. The molecule has 0 unspecified atom stereocenters. The summed E-state index contributed by atoms with van der Waals surface area (Å²) < 4.78 is 13.1. The highest BCUT2D eigenvalue weighted by molar-refractivity contribution is 6.31. The third-order valence-corrected chi connectivity index (χ3v) is 5.13. The molecule has 2 fully saturated rings. The zero-order valence-corrected chi connectivity index (χ0v) is 14.0. The fourth-order valence-corrected chi connectivity index (χ4v) is 3.57. The number of hydrogen-bond donors (Lipinski definition) is 1. The molecular weight excluding hydrogens is 317 g/mol. The minimum Gasteiger partial charge on any atom is -0.340 e. The molecule has 0 spiro atoms.